The Labute approximate surface area is 114 Å². The van der Waals surface area contributed by atoms with Crippen LogP contribution in [0.2, 0.25) is 0 Å². The van der Waals surface area contributed by atoms with Crippen molar-refractivity contribution in [1.29, 1.82) is 5.26 Å². The number of hydrogen-bond donors (Lipinski definition) is 1. The van der Waals surface area contributed by atoms with Gasteiger partial charge in [-0.25, -0.2) is 0 Å². The van der Waals surface area contributed by atoms with Gasteiger partial charge >= 0.3 is 0 Å². The normalized spacial score (nSPS) is 12.8. The number of hydrogen-bond acceptors (Lipinski definition) is 2. The number of nitriles is 1. The van der Waals surface area contributed by atoms with Crippen molar-refractivity contribution in [2.45, 2.75) is 32.2 Å². The summed E-state index contributed by atoms with van der Waals surface area (Å²) in [4.78, 5) is 12.0. The summed E-state index contributed by atoms with van der Waals surface area (Å²) in [7, 11) is 0. The maximum absolute atomic E-state index is 12.0. The van der Waals surface area contributed by atoms with Gasteiger partial charge in [0.25, 0.3) is 0 Å². The van der Waals surface area contributed by atoms with Crippen LogP contribution in [-0.4, -0.2) is 11.9 Å². The SMILES string of the molecule is C#CCC(CC)NC(=O)C(C#N)Cc1ccccc1. The number of nitrogens with one attached hydrogen (secondary N) is 1. The number of amides is 1. The lowest BCUT2D eigenvalue weighted by Gasteiger charge is -2.16. The highest BCUT2D eigenvalue weighted by molar-refractivity contribution is 5.81. The van der Waals surface area contributed by atoms with Crippen LogP contribution in [-0.2, 0) is 11.2 Å². The topological polar surface area (TPSA) is 52.9 Å². The molecule has 0 saturated heterocycles. The van der Waals surface area contributed by atoms with Crippen LogP contribution in [0.5, 0.6) is 0 Å². The molecule has 0 radical (unpaired) electrons. The van der Waals surface area contributed by atoms with E-state index in [1.54, 1.807) is 0 Å². The molecule has 1 rings (SSSR count). The lowest BCUT2D eigenvalue weighted by Crippen LogP contribution is -2.38. The molecule has 3 heteroatoms. The summed E-state index contributed by atoms with van der Waals surface area (Å²) in [5.74, 6) is 1.62. The predicted octanol–water partition coefficient (Wildman–Crippen LogP) is 2.29. The molecular formula is C16H18N2O. The summed E-state index contributed by atoms with van der Waals surface area (Å²) in [6.07, 6.45) is 6.93. The van der Waals surface area contributed by atoms with E-state index in [0.29, 0.717) is 12.8 Å². The van der Waals surface area contributed by atoms with Gasteiger partial charge in [-0.05, 0) is 18.4 Å². The van der Waals surface area contributed by atoms with E-state index in [4.69, 9.17) is 11.7 Å². The van der Waals surface area contributed by atoms with Gasteiger partial charge in [0.15, 0.2) is 0 Å². The molecule has 1 amide bonds. The van der Waals surface area contributed by atoms with Crippen molar-refractivity contribution in [3.63, 3.8) is 0 Å². The molecule has 0 fully saturated rings. The van der Waals surface area contributed by atoms with E-state index in [1.807, 2.05) is 37.3 Å². The molecule has 2 atom stereocenters. The third kappa shape index (κ3) is 4.85. The first-order chi connectivity index (χ1) is 9.21. The van der Waals surface area contributed by atoms with Gasteiger partial charge in [0.2, 0.25) is 5.91 Å². The van der Waals surface area contributed by atoms with Gasteiger partial charge in [-0.1, -0.05) is 37.3 Å². The van der Waals surface area contributed by atoms with E-state index in [-0.39, 0.29) is 11.9 Å². The zero-order valence-corrected chi connectivity index (χ0v) is 11.1. The monoisotopic (exact) mass is 254 g/mol. The van der Waals surface area contributed by atoms with Crippen LogP contribution in [0.25, 0.3) is 0 Å². The van der Waals surface area contributed by atoms with Crippen molar-refractivity contribution in [3.8, 4) is 18.4 Å². The molecule has 0 bridgehead atoms. The van der Waals surface area contributed by atoms with Gasteiger partial charge < -0.3 is 5.32 Å². The van der Waals surface area contributed by atoms with E-state index in [1.165, 1.54) is 0 Å². The van der Waals surface area contributed by atoms with Gasteiger partial charge in [-0.15, -0.1) is 12.3 Å². The fourth-order valence-electron chi connectivity index (χ4n) is 1.79. The molecule has 0 spiro atoms. The zero-order valence-electron chi connectivity index (χ0n) is 11.1. The molecule has 3 nitrogen and oxygen atoms in total. The molecule has 0 heterocycles. The summed E-state index contributed by atoms with van der Waals surface area (Å²) in [5, 5.41) is 12.0. The molecule has 1 aromatic rings. The third-order valence-corrected chi connectivity index (χ3v) is 2.96. The van der Waals surface area contributed by atoms with Gasteiger partial charge in [-0.3, -0.25) is 4.79 Å². The Balaban J connectivity index is 2.63. The standard InChI is InChI=1S/C16H18N2O/c1-3-8-15(4-2)18-16(19)14(12-17)11-13-9-6-5-7-10-13/h1,5-7,9-10,14-15H,4,8,11H2,2H3,(H,18,19). The van der Waals surface area contributed by atoms with Crippen LogP contribution in [0.4, 0.5) is 0 Å². The number of terminal acetylenes is 1. The van der Waals surface area contributed by atoms with Crippen LogP contribution >= 0.6 is 0 Å². The second-order valence-corrected chi connectivity index (χ2v) is 4.39. The number of carbonyl (C=O) groups excluding carboxylic acids is 1. The van der Waals surface area contributed by atoms with Crippen molar-refractivity contribution in [2.75, 3.05) is 0 Å². The molecule has 1 N–H and O–H groups in total. The number of carbonyl (C=O) groups is 1. The van der Waals surface area contributed by atoms with Crippen molar-refractivity contribution < 1.29 is 4.79 Å². The molecule has 0 aliphatic rings. The van der Waals surface area contributed by atoms with Crippen LogP contribution in [0, 0.1) is 29.6 Å². The minimum Gasteiger partial charge on any atom is -0.351 e. The van der Waals surface area contributed by atoms with Gasteiger partial charge in [-0.2, -0.15) is 5.26 Å². The molecule has 1 aromatic carbocycles. The number of benzene rings is 1. The number of rotatable bonds is 6. The molecule has 2 unspecified atom stereocenters. The molecule has 98 valence electrons. The molecule has 0 aliphatic heterocycles. The highest BCUT2D eigenvalue weighted by atomic mass is 16.1. The summed E-state index contributed by atoms with van der Waals surface area (Å²) in [5.41, 5.74) is 0.981. The van der Waals surface area contributed by atoms with Gasteiger partial charge in [0.05, 0.1) is 6.07 Å². The Morgan fingerprint density at radius 3 is 2.63 bits per heavy atom. The van der Waals surface area contributed by atoms with E-state index in [0.717, 1.165) is 12.0 Å². The van der Waals surface area contributed by atoms with Crippen LogP contribution < -0.4 is 5.32 Å². The minimum absolute atomic E-state index is 0.0517. The van der Waals surface area contributed by atoms with Crippen LogP contribution in [0.1, 0.15) is 25.3 Å². The summed E-state index contributed by atoms with van der Waals surface area (Å²) < 4.78 is 0. The number of nitrogens with zero attached hydrogens (tertiary/aromatic N) is 1. The molecule has 0 aliphatic carbocycles. The van der Waals surface area contributed by atoms with Gasteiger partial charge in [0.1, 0.15) is 5.92 Å². The second kappa shape index (κ2) is 7.95. The Morgan fingerprint density at radius 2 is 2.11 bits per heavy atom. The van der Waals surface area contributed by atoms with E-state index in [2.05, 4.69) is 17.3 Å². The Morgan fingerprint density at radius 1 is 1.42 bits per heavy atom. The highest BCUT2D eigenvalue weighted by Gasteiger charge is 2.20. The smallest absolute Gasteiger partial charge is 0.237 e. The molecule has 0 aromatic heterocycles. The highest BCUT2D eigenvalue weighted by Crippen LogP contribution is 2.09. The fraction of sp³-hybridized carbons (Fsp3) is 0.375. The first-order valence-corrected chi connectivity index (χ1v) is 6.38. The molecular weight excluding hydrogens is 236 g/mol. The maximum Gasteiger partial charge on any atom is 0.237 e. The summed E-state index contributed by atoms with van der Waals surface area (Å²) in [6, 6.07) is 11.5. The Kier molecular flexibility index (Phi) is 6.19. The molecule has 19 heavy (non-hydrogen) atoms. The minimum atomic E-state index is -0.672. The van der Waals surface area contributed by atoms with E-state index in [9.17, 15) is 4.79 Å². The van der Waals surface area contributed by atoms with Crippen molar-refractivity contribution in [2.24, 2.45) is 5.92 Å². The van der Waals surface area contributed by atoms with Crippen LogP contribution in [0.15, 0.2) is 30.3 Å². The van der Waals surface area contributed by atoms with Crippen molar-refractivity contribution in [3.05, 3.63) is 35.9 Å². The Bertz CT molecular complexity index is 482. The fourth-order valence-corrected chi connectivity index (χ4v) is 1.79. The predicted molar refractivity (Wildman–Crippen MR) is 74.9 cm³/mol. The zero-order chi connectivity index (χ0) is 14.1. The van der Waals surface area contributed by atoms with E-state index < -0.39 is 5.92 Å². The summed E-state index contributed by atoms with van der Waals surface area (Å²) >= 11 is 0. The largest absolute Gasteiger partial charge is 0.351 e. The second-order valence-electron chi connectivity index (χ2n) is 4.39. The van der Waals surface area contributed by atoms with Crippen molar-refractivity contribution in [1.82, 2.24) is 5.32 Å². The van der Waals surface area contributed by atoms with Crippen molar-refractivity contribution >= 4 is 5.91 Å². The average molecular weight is 254 g/mol. The first-order valence-electron chi connectivity index (χ1n) is 6.38. The van der Waals surface area contributed by atoms with Crippen LogP contribution in [0.3, 0.4) is 0 Å². The lowest BCUT2D eigenvalue weighted by molar-refractivity contribution is -0.124. The van der Waals surface area contributed by atoms with E-state index >= 15 is 0 Å². The average Bonchev–Trinajstić information content (AvgIpc) is 2.45. The summed E-state index contributed by atoms with van der Waals surface area (Å²) in [6.45, 7) is 1.96. The quantitative estimate of drug-likeness (QED) is 0.792. The third-order valence-electron chi connectivity index (χ3n) is 2.96. The lowest BCUT2D eigenvalue weighted by atomic mass is 9.99. The Hall–Kier alpha value is -2.26. The first kappa shape index (κ1) is 14.8. The molecule has 0 saturated carbocycles. The van der Waals surface area contributed by atoms with Gasteiger partial charge in [0, 0.05) is 12.5 Å². The maximum atomic E-state index is 12.0.